The Morgan fingerprint density at radius 2 is 2.11 bits per heavy atom. The molecule has 1 heterocycles. The van der Waals surface area contributed by atoms with Crippen LogP contribution in [0.15, 0.2) is 21.6 Å². The molecule has 0 unspecified atom stereocenters. The van der Waals surface area contributed by atoms with Gasteiger partial charge in [0.2, 0.25) is 0 Å². The number of aliphatic imine (C=N–C) groups is 1. The van der Waals surface area contributed by atoms with Crippen LogP contribution in [0.3, 0.4) is 0 Å². The molecule has 1 aliphatic carbocycles. The Bertz CT molecular complexity index is 741. The third kappa shape index (κ3) is 4.85. The Balaban J connectivity index is 1.88. The van der Waals surface area contributed by atoms with Crippen molar-refractivity contribution in [2.75, 3.05) is 26.0 Å². The number of methoxy groups -OCH3 is 1. The van der Waals surface area contributed by atoms with Gasteiger partial charge in [0.15, 0.2) is 16.7 Å². The fourth-order valence-electron chi connectivity index (χ4n) is 3.77. The molecule has 0 radical (unpaired) electrons. The van der Waals surface area contributed by atoms with Crippen LogP contribution in [0.25, 0.3) is 0 Å². The molecule has 0 N–H and O–H groups in total. The SMILES string of the molecule is CCOc1c(Br)cc(C(=O)N2CCCSC2=N[C@H]2CCCC[C@@H]2C)cc1OC. The molecule has 7 heteroatoms. The van der Waals surface area contributed by atoms with E-state index < -0.39 is 0 Å². The van der Waals surface area contributed by atoms with Crippen molar-refractivity contribution < 1.29 is 14.3 Å². The van der Waals surface area contributed by atoms with Crippen molar-refractivity contribution in [3.05, 3.63) is 22.2 Å². The Morgan fingerprint density at radius 3 is 2.82 bits per heavy atom. The van der Waals surface area contributed by atoms with Gasteiger partial charge >= 0.3 is 0 Å². The van der Waals surface area contributed by atoms with Crippen LogP contribution in [0.2, 0.25) is 0 Å². The van der Waals surface area contributed by atoms with E-state index in [9.17, 15) is 4.79 Å². The average molecular weight is 469 g/mol. The Morgan fingerprint density at radius 1 is 1.32 bits per heavy atom. The van der Waals surface area contributed by atoms with E-state index in [1.165, 1.54) is 19.3 Å². The van der Waals surface area contributed by atoms with E-state index in [2.05, 4.69) is 22.9 Å². The summed E-state index contributed by atoms with van der Waals surface area (Å²) in [7, 11) is 1.59. The maximum Gasteiger partial charge on any atom is 0.260 e. The Labute approximate surface area is 180 Å². The molecule has 2 aliphatic rings. The lowest BCUT2D eigenvalue weighted by Crippen LogP contribution is -2.40. The molecule has 1 saturated heterocycles. The summed E-state index contributed by atoms with van der Waals surface area (Å²) in [6.45, 7) is 5.44. The van der Waals surface area contributed by atoms with Crippen LogP contribution < -0.4 is 9.47 Å². The number of amides is 1. The number of hydrogen-bond donors (Lipinski definition) is 0. The number of thioether (sulfide) groups is 1. The molecule has 28 heavy (non-hydrogen) atoms. The molecule has 154 valence electrons. The van der Waals surface area contributed by atoms with Crippen molar-refractivity contribution in [1.82, 2.24) is 4.90 Å². The van der Waals surface area contributed by atoms with E-state index in [1.54, 1.807) is 24.9 Å². The summed E-state index contributed by atoms with van der Waals surface area (Å²) >= 11 is 5.23. The lowest BCUT2D eigenvalue weighted by atomic mass is 9.86. The van der Waals surface area contributed by atoms with Crippen molar-refractivity contribution in [3.63, 3.8) is 0 Å². The lowest BCUT2D eigenvalue weighted by molar-refractivity contribution is 0.0847. The smallest absolute Gasteiger partial charge is 0.260 e. The molecule has 5 nitrogen and oxygen atoms in total. The maximum atomic E-state index is 13.3. The third-order valence-corrected chi connectivity index (χ3v) is 7.01. The molecule has 3 rings (SSSR count). The quantitative estimate of drug-likeness (QED) is 0.582. The topological polar surface area (TPSA) is 51.1 Å². The van der Waals surface area contributed by atoms with Crippen LogP contribution in [0.5, 0.6) is 11.5 Å². The zero-order valence-corrected chi connectivity index (χ0v) is 19.3. The van der Waals surface area contributed by atoms with Crippen molar-refractivity contribution in [2.45, 2.75) is 52.0 Å². The first-order chi connectivity index (χ1) is 13.5. The van der Waals surface area contributed by atoms with Crippen LogP contribution in [0.4, 0.5) is 0 Å². The van der Waals surface area contributed by atoms with Crippen molar-refractivity contribution in [1.29, 1.82) is 0 Å². The first kappa shape index (κ1) is 21.5. The minimum Gasteiger partial charge on any atom is -0.493 e. The highest BCUT2D eigenvalue weighted by molar-refractivity contribution is 9.10. The fourth-order valence-corrected chi connectivity index (χ4v) is 5.32. The fraction of sp³-hybridized carbons (Fsp3) is 0.619. The number of amidine groups is 1. The second kappa shape index (κ2) is 10.0. The molecule has 1 aromatic rings. The van der Waals surface area contributed by atoms with Gasteiger partial charge in [0.05, 0.1) is 24.2 Å². The van der Waals surface area contributed by atoms with Gasteiger partial charge in [-0.25, -0.2) is 0 Å². The molecule has 2 atom stereocenters. The number of carbonyl (C=O) groups is 1. The largest absolute Gasteiger partial charge is 0.493 e. The summed E-state index contributed by atoms with van der Waals surface area (Å²) in [6.07, 6.45) is 5.84. The number of nitrogens with zero attached hydrogens (tertiary/aromatic N) is 2. The van der Waals surface area contributed by atoms with E-state index in [4.69, 9.17) is 14.5 Å². The summed E-state index contributed by atoms with van der Waals surface area (Å²) in [6, 6.07) is 3.90. The highest BCUT2D eigenvalue weighted by Crippen LogP contribution is 2.37. The van der Waals surface area contributed by atoms with Gasteiger partial charge in [0.1, 0.15) is 0 Å². The number of carbonyl (C=O) groups excluding carboxylic acids is 1. The molecular weight excluding hydrogens is 440 g/mol. The van der Waals surface area contributed by atoms with Gasteiger partial charge in [-0.05, 0) is 60.2 Å². The average Bonchev–Trinajstić information content (AvgIpc) is 2.71. The molecule has 1 amide bonds. The number of hydrogen-bond acceptors (Lipinski definition) is 5. The number of benzene rings is 1. The standard InChI is InChI=1S/C21H29BrN2O3S/c1-4-27-19-16(22)12-15(13-18(19)26-3)20(25)24-10-7-11-28-21(24)23-17-9-6-5-8-14(17)2/h12-14,17H,4-11H2,1-3H3/t14-,17-/m0/s1. The van der Waals surface area contributed by atoms with Crippen molar-refractivity contribution >= 4 is 38.8 Å². The van der Waals surface area contributed by atoms with Crippen molar-refractivity contribution in [3.8, 4) is 11.5 Å². The zero-order chi connectivity index (χ0) is 20.1. The van der Waals surface area contributed by atoms with Gasteiger partial charge < -0.3 is 9.47 Å². The van der Waals surface area contributed by atoms with Crippen LogP contribution in [-0.2, 0) is 0 Å². The van der Waals surface area contributed by atoms with Gasteiger partial charge in [-0.2, -0.15) is 0 Å². The summed E-state index contributed by atoms with van der Waals surface area (Å²) < 4.78 is 11.8. The molecule has 0 spiro atoms. The predicted molar refractivity (Wildman–Crippen MR) is 119 cm³/mol. The molecule has 0 bridgehead atoms. The lowest BCUT2D eigenvalue weighted by Gasteiger charge is -2.32. The van der Waals surface area contributed by atoms with E-state index in [-0.39, 0.29) is 5.91 Å². The number of halogens is 1. The highest BCUT2D eigenvalue weighted by atomic mass is 79.9. The van der Waals surface area contributed by atoms with E-state index >= 15 is 0 Å². The van der Waals surface area contributed by atoms with Gasteiger partial charge in [-0.1, -0.05) is 31.5 Å². The number of ether oxygens (including phenoxy) is 2. The van der Waals surface area contributed by atoms with Crippen LogP contribution in [-0.4, -0.2) is 48.0 Å². The second-order valence-electron chi connectivity index (χ2n) is 7.32. The molecule has 0 aromatic heterocycles. The zero-order valence-electron chi connectivity index (χ0n) is 16.9. The summed E-state index contributed by atoms with van der Waals surface area (Å²) in [5.41, 5.74) is 0.582. The third-order valence-electron chi connectivity index (χ3n) is 5.34. The predicted octanol–water partition coefficient (Wildman–Crippen LogP) is 5.37. The highest BCUT2D eigenvalue weighted by Gasteiger charge is 2.29. The molecular formula is C21H29BrN2O3S. The summed E-state index contributed by atoms with van der Waals surface area (Å²) in [5, 5.41) is 0.874. The van der Waals surface area contributed by atoms with E-state index in [1.807, 2.05) is 17.9 Å². The van der Waals surface area contributed by atoms with Gasteiger partial charge in [-0.3, -0.25) is 14.7 Å². The first-order valence-corrected chi connectivity index (χ1v) is 11.9. The molecule has 1 aromatic carbocycles. The minimum absolute atomic E-state index is 0.0311. The second-order valence-corrected chi connectivity index (χ2v) is 9.24. The minimum atomic E-state index is -0.0311. The monoisotopic (exact) mass is 468 g/mol. The maximum absolute atomic E-state index is 13.3. The van der Waals surface area contributed by atoms with Crippen LogP contribution in [0.1, 0.15) is 56.3 Å². The van der Waals surface area contributed by atoms with Crippen molar-refractivity contribution in [2.24, 2.45) is 10.9 Å². The summed E-state index contributed by atoms with van der Waals surface area (Å²) in [5.74, 6) is 2.75. The summed E-state index contributed by atoms with van der Waals surface area (Å²) in [4.78, 5) is 20.2. The molecule has 2 fully saturated rings. The van der Waals surface area contributed by atoms with E-state index in [0.29, 0.717) is 42.2 Å². The van der Waals surface area contributed by atoms with Crippen LogP contribution >= 0.6 is 27.7 Å². The molecule has 1 saturated carbocycles. The van der Waals surface area contributed by atoms with Gasteiger partial charge in [0, 0.05) is 17.9 Å². The van der Waals surface area contributed by atoms with Gasteiger partial charge in [0.25, 0.3) is 5.91 Å². The van der Waals surface area contributed by atoms with Gasteiger partial charge in [-0.15, -0.1) is 0 Å². The molecule has 1 aliphatic heterocycles. The number of rotatable bonds is 5. The Hall–Kier alpha value is -1.21. The van der Waals surface area contributed by atoms with Crippen LogP contribution in [0, 0.1) is 5.92 Å². The first-order valence-electron chi connectivity index (χ1n) is 10.1. The van der Waals surface area contributed by atoms with E-state index in [0.717, 1.165) is 28.2 Å². The normalized spacial score (nSPS) is 24.3. The Kier molecular flexibility index (Phi) is 7.69.